The SMILES string of the molecule is CCc1cc2oc(=O)cc(Cn3cc(C#N)c(=O)c4ccccc43)c2cc1Cl. The van der Waals surface area contributed by atoms with Crippen molar-refractivity contribution >= 4 is 33.5 Å². The molecule has 0 fully saturated rings. The van der Waals surface area contributed by atoms with Crippen LogP contribution in [0.5, 0.6) is 0 Å². The van der Waals surface area contributed by atoms with Crippen LogP contribution in [0.15, 0.2) is 62.7 Å². The molecule has 0 unspecified atom stereocenters. The number of fused-ring (bicyclic) bond motifs is 2. The molecular weight excluding hydrogens is 376 g/mol. The first-order chi connectivity index (χ1) is 13.5. The van der Waals surface area contributed by atoms with Crippen LogP contribution in [0, 0.1) is 11.3 Å². The Kier molecular flexibility index (Phi) is 4.50. The Morgan fingerprint density at radius 2 is 1.89 bits per heavy atom. The molecule has 28 heavy (non-hydrogen) atoms. The second kappa shape index (κ2) is 6.99. The number of benzene rings is 2. The minimum atomic E-state index is -0.460. The number of halogens is 1. The number of rotatable bonds is 3. The first-order valence-electron chi connectivity index (χ1n) is 8.79. The molecule has 0 bridgehead atoms. The molecule has 4 aromatic rings. The predicted molar refractivity (Wildman–Crippen MR) is 109 cm³/mol. The van der Waals surface area contributed by atoms with Crippen LogP contribution in [0.25, 0.3) is 21.9 Å². The van der Waals surface area contributed by atoms with Crippen molar-refractivity contribution in [3.05, 3.63) is 91.0 Å². The maximum absolute atomic E-state index is 12.4. The third-order valence-electron chi connectivity index (χ3n) is 4.83. The molecule has 0 aliphatic carbocycles. The standard InChI is InChI=1S/C22H15ClN2O3/c1-2-13-7-20-17(9-18(13)23)14(8-21(26)28-20)11-25-12-15(10-24)22(27)16-5-3-4-6-19(16)25/h3-9,12H,2,11H2,1H3. The molecule has 0 amide bonds. The molecule has 0 aliphatic heterocycles. The van der Waals surface area contributed by atoms with E-state index in [0.29, 0.717) is 33.6 Å². The number of hydrogen-bond acceptors (Lipinski definition) is 4. The molecule has 6 heteroatoms. The lowest BCUT2D eigenvalue weighted by Gasteiger charge is -2.13. The molecule has 2 heterocycles. The van der Waals surface area contributed by atoms with Crippen molar-refractivity contribution < 1.29 is 4.42 Å². The molecule has 0 N–H and O–H groups in total. The van der Waals surface area contributed by atoms with Gasteiger partial charge in [0.25, 0.3) is 0 Å². The summed E-state index contributed by atoms with van der Waals surface area (Å²) < 4.78 is 7.16. The van der Waals surface area contributed by atoms with Crippen LogP contribution in [0.4, 0.5) is 0 Å². The summed E-state index contributed by atoms with van der Waals surface area (Å²) in [7, 11) is 0. The maximum Gasteiger partial charge on any atom is 0.336 e. The van der Waals surface area contributed by atoms with Gasteiger partial charge in [-0.2, -0.15) is 5.26 Å². The lowest BCUT2D eigenvalue weighted by atomic mass is 10.1. The monoisotopic (exact) mass is 390 g/mol. The lowest BCUT2D eigenvalue weighted by molar-refractivity contribution is 0.557. The summed E-state index contributed by atoms with van der Waals surface area (Å²) in [5.74, 6) is 0. The molecule has 0 saturated heterocycles. The Morgan fingerprint density at radius 3 is 2.64 bits per heavy atom. The second-order valence-electron chi connectivity index (χ2n) is 6.51. The van der Waals surface area contributed by atoms with Crippen LogP contribution in [-0.4, -0.2) is 4.57 Å². The fourth-order valence-corrected chi connectivity index (χ4v) is 3.73. The highest BCUT2D eigenvalue weighted by Gasteiger charge is 2.13. The molecule has 0 aliphatic rings. The number of aromatic nitrogens is 1. The molecule has 138 valence electrons. The van der Waals surface area contributed by atoms with Gasteiger partial charge in [0.05, 0.1) is 5.52 Å². The quantitative estimate of drug-likeness (QED) is 0.490. The number of aryl methyl sites for hydroxylation is 1. The van der Waals surface area contributed by atoms with Gasteiger partial charge in [0.2, 0.25) is 5.43 Å². The van der Waals surface area contributed by atoms with E-state index in [-0.39, 0.29) is 11.0 Å². The third-order valence-corrected chi connectivity index (χ3v) is 5.18. The average Bonchev–Trinajstić information content (AvgIpc) is 2.70. The summed E-state index contributed by atoms with van der Waals surface area (Å²) in [5, 5.41) is 11.1. The van der Waals surface area contributed by atoms with Gasteiger partial charge in [-0.3, -0.25) is 4.79 Å². The zero-order valence-corrected chi connectivity index (χ0v) is 15.8. The Balaban J connectivity index is 1.98. The summed E-state index contributed by atoms with van der Waals surface area (Å²) in [5.41, 5.74) is 2.04. The van der Waals surface area contributed by atoms with Gasteiger partial charge in [-0.1, -0.05) is 30.7 Å². The summed E-state index contributed by atoms with van der Waals surface area (Å²) >= 11 is 6.37. The maximum atomic E-state index is 12.4. The van der Waals surface area contributed by atoms with E-state index in [1.54, 1.807) is 28.8 Å². The van der Waals surface area contributed by atoms with Crippen molar-refractivity contribution in [3.63, 3.8) is 0 Å². The van der Waals surface area contributed by atoms with E-state index < -0.39 is 5.63 Å². The first-order valence-corrected chi connectivity index (χ1v) is 9.17. The minimum Gasteiger partial charge on any atom is -0.423 e. The Bertz CT molecular complexity index is 1390. The van der Waals surface area contributed by atoms with E-state index in [0.717, 1.165) is 17.4 Å². The molecule has 0 saturated carbocycles. The predicted octanol–water partition coefficient (Wildman–Crippen LogP) is 4.24. The highest BCUT2D eigenvalue weighted by molar-refractivity contribution is 6.32. The van der Waals surface area contributed by atoms with Crippen molar-refractivity contribution in [2.24, 2.45) is 0 Å². The van der Waals surface area contributed by atoms with Crippen molar-refractivity contribution in [3.8, 4) is 6.07 Å². The van der Waals surface area contributed by atoms with Crippen molar-refractivity contribution in [1.29, 1.82) is 5.26 Å². The Hall–Kier alpha value is -3.36. The molecule has 2 aromatic heterocycles. The molecular formula is C22H15ClN2O3. The van der Waals surface area contributed by atoms with E-state index in [2.05, 4.69) is 0 Å². The largest absolute Gasteiger partial charge is 0.423 e. The summed E-state index contributed by atoms with van der Waals surface area (Å²) in [6.07, 6.45) is 2.24. The van der Waals surface area contributed by atoms with Crippen LogP contribution in [-0.2, 0) is 13.0 Å². The van der Waals surface area contributed by atoms with E-state index >= 15 is 0 Å². The van der Waals surface area contributed by atoms with E-state index in [1.165, 1.54) is 12.3 Å². The van der Waals surface area contributed by atoms with Gasteiger partial charge in [0, 0.05) is 34.6 Å². The summed E-state index contributed by atoms with van der Waals surface area (Å²) in [6.45, 7) is 2.27. The Morgan fingerprint density at radius 1 is 1.11 bits per heavy atom. The van der Waals surface area contributed by atoms with E-state index in [4.69, 9.17) is 16.0 Å². The second-order valence-corrected chi connectivity index (χ2v) is 6.92. The number of nitrogens with zero attached hydrogens (tertiary/aromatic N) is 2. The molecule has 2 aromatic carbocycles. The molecule has 0 radical (unpaired) electrons. The van der Waals surface area contributed by atoms with Crippen molar-refractivity contribution in [2.75, 3.05) is 0 Å². The van der Waals surface area contributed by atoms with Crippen LogP contribution in [0.1, 0.15) is 23.6 Å². The fraction of sp³-hybridized carbons (Fsp3) is 0.136. The van der Waals surface area contributed by atoms with Gasteiger partial charge in [-0.25, -0.2) is 4.79 Å². The van der Waals surface area contributed by atoms with Crippen LogP contribution in [0.3, 0.4) is 0 Å². The number of nitriles is 1. The van der Waals surface area contributed by atoms with Gasteiger partial charge in [-0.15, -0.1) is 0 Å². The zero-order chi connectivity index (χ0) is 19.8. The van der Waals surface area contributed by atoms with Gasteiger partial charge in [-0.05, 0) is 41.8 Å². The van der Waals surface area contributed by atoms with Gasteiger partial charge in [0.15, 0.2) is 0 Å². The third kappa shape index (κ3) is 2.98. The molecule has 0 spiro atoms. The van der Waals surface area contributed by atoms with Gasteiger partial charge in [0.1, 0.15) is 17.2 Å². The highest BCUT2D eigenvalue weighted by Crippen LogP contribution is 2.27. The molecule has 5 nitrogen and oxygen atoms in total. The van der Waals surface area contributed by atoms with Gasteiger partial charge >= 0.3 is 5.63 Å². The first kappa shape index (κ1) is 18.0. The Labute approximate surface area is 165 Å². The van der Waals surface area contributed by atoms with Crippen molar-refractivity contribution in [2.45, 2.75) is 19.9 Å². The fourth-order valence-electron chi connectivity index (χ4n) is 3.43. The number of hydrogen-bond donors (Lipinski definition) is 0. The average molecular weight is 391 g/mol. The van der Waals surface area contributed by atoms with Crippen molar-refractivity contribution in [1.82, 2.24) is 4.57 Å². The number of para-hydroxylation sites is 1. The highest BCUT2D eigenvalue weighted by atomic mass is 35.5. The normalized spacial score (nSPS) is 11.0. The summed E-state index contributed by atoms with van der Waals surface area (Å²) in [6, 6.07) is 14.0. The number of pyridine rings is 1. The minimum absolute atomic E-state index is 0.0530. The smallest absolute Gasteiger partial charge is 0.336 e. The van der Waals surface area contributed by atoms with Gasteiger partial charge < -0.3 is 8.98 Å². The van der Waals surface area contributed by atoms with Crippen LogP contribution >= 0.6 is 11.6 Å². The lowest BCUT2D eigenvalue weighted by Crippen LogP contribution is -2.14. The molecule has 0 atom stereocenters. The molecule has 4 rings (SSSR count). The van der Waals surface area contributed by atoms with E-state index in [1.807, 2.05) is 25.1 Å². The zero-order valence-electron chi connectivity index (χ0n) is 15.0. The summed E-state index contributed by atoms with van der Waals surface area (Å²) in [4.78, 5) is 24.5. The van der Waals surface area contributed by atoms with Crippen LogP contribution < -0.4 is 11.1 Å². The van der Waals surface area contributed by atoms with Crippen LogP contribution in [0.2, 0.25) is 5.02 Å². The topological polar surface area (TPSA) is 76.0 Å². The van der Waals surface area contributed by atoms with E-state index in [9.17, 15) is 14.9 Å².